The van der Waals surface area contributed by atoms with Crippen LogP contribution in [0.1, 0.15) is 13.3 Å². The predicted molar refractivity (Wildman–Crippen MR) is 115 cm³/mol. The number of benzene rings is 1. The Hall–Kier alpha value is -3.46. The lowest BCUT2D eigenvalue weighted by atomic mass is 10.2. The van der Waals surface area contributed by atoms with E-state index in [1.807, 2.05) is 43.6 Å². The molecular weight excluding hydrogens is 398 g/mol. The smallest absolute Gasteiger partial charge is 0.217 e. The molecular formula is C21H19N7OS. The molecule has 4 aromatic heterocycles. The van der Waals surface area contributed by atoms with E-state index in [4.69, 9.17) is 9.84 Å². The van der Waals surface area contributed by atoms with Crippen LogP contribution in [0.4, 0.5) is 0 Å². The molecule has 0 aliphatic heterocycles. The molecule has 5 rings (SSSR count). The summed E-state index contributed by atoms with van der Waals surface area (Å²) in [5.74, 6) is 0.840. The summed E-state index contributed by atoms with van der Waals surface area (Å²) >= 11 is 1.50. The van der Waals surface area contributed by atoms with Crippen molar-refractivity contribution in [1.29, 1.82) is 0 Å². The van der Waals surface area contributed by atoms with Gasteiger partial charge in [0.2, 0.25) is 5.16 Å². The fourth-order valence-corrected chi connectivity index (χ4v) is 3.97. The lowest BCUT2D eigenvalue weighted by Crippen LogP contribution is -1.97. The molecule has 0 spiro atoms. The average Bonchev–Trinajstić information content (AvgIpc) is 3.38. The van der Waals surface area contributed by atoms with Gasteiger partial charge in [0.05, 0.1) is 24.0 Å². The van der Waals surface area contributed by atoms with Gasteiger partial charge in [-0.05, 0) is 54.6 Å². The van der Waals surface area contributed by atoms with E-state index in [1.54, 1.807) is 21.6 Å². The Morgan fingerprint density at radius 1 is 1.10 bits per heavy atom. The predicted octanol–water partition coefficient (Wildman–Crippen LogP) is 4.01. The molecule has 8 nitrogen and oxygen atoms in total. The molecule has 0 fully saturated rings. The first kappa shape index (κ1) is 18.6. The summed E-state index contributed by atoms with van der Waals surface area (Å²) in [7, 11) is 1.88. The highest BCUT2D eigenvalue weighted by atomic mass is 32.2. The van der Waals surface area contributed by atoms with E-state index in [-0.39, 0.29) is 0 Å². The number of fused-ring (bicyclic) bond motifs is 2. The molecule has 4 heterocycles. The van der Waals surface area contributed by atoms with Crippen LogP contribution in [0.5, 0.6) is 5.75 Å². The summed E-state index contributed by atoms with van der Waals surface area (Å²) in [5, 5.41) is 19.2. The zero-order valence-corrected chi connectivity index (χ0v) is 17.4. The van der Waals surface area contributed by atoms with Crippen LogP contribution in [0.2, 0.25) is 0 Å². The van der Waals surface area contributed by atoms with Crippen LogP contribution in [-0.2, 0) is 7.05 Å². The maximum Gasteiger partial charge on any atom is 0.217 e. The molecule has 30 heavy (non-hydrogen) atoms. The zero-order chi connectivity index (χ0) is 20.5. The van der Waals surface area contributed by atoms with Crippen molar-refractivity contribution in [2.75, 3.05) is 6.61 Å². The Kier molecular flexibility index (Phi) is 4.80. The molecule has 150 valence electrons. The maximum atomic E-state index is 5.89. The third-order valence-corrected chi connectivity index (χ3v) is 5.51. The molecule has 9 heteroatoms. The van der Waals surface area contributed by atoms with Crippen molar-refractivity contribution in [3.8, 4) is 17.0 Å². The molecule has 0 atom stereocenters. The minimum atomic E-state index is 0.673. The summed E-state index contributed by atoms with van der Waals surface area (Å²) < 4.78 is 9.41. The molecule has 0 amide bonds. The lowest BCUT2D eigenvalue weighted by Gasteiger charge is -2.09. The van der Waals surface area contributed by atoms with Gasteiger partial charge in [-0.3, -0.25) is 9.67 Å². The van der Waals surface area contributed by atoms with Crippen LogP contribution in [0, 0.1) is 0 Å². The molecule has 0 saturated carbocycles. The number of hydrogen-bond donors (Lipinski definition) is 0. The van der Waals surface area contributed by atoms with Crippen molar-refractivity contribution in [3.63, 3.8) is 0 Å². The SMILES string of the molecule is CCCOc1ccnc2ccc(Sc3nnc4ccc(-c5cnn(C)c5)nn34)cc12. The number of nitrogens with zero attached hydrogens (tertiary/aromatic N) is 7. The number of aromatic nitrogens is 7. The molecule has 0 bridgehead atoms. The van der Waals surface area contributed by atoms with E-state index in [2.05, 4.69) is 33.3 Å². The fourth-order valence-electron chi connectivity index (χ4n) is 3.15. The molecule has 0 radical (unpaired) electrons. The van der Waals surface area contributed by atoms with Crippen molar-refractivity contribution >= 4 is 28.3 Å². The average molecular weight is 417 g/mol. The van der Waals surface area contributed by atoms with E-state index in [1.165, 1.54) is 11.8 Å². The molecule has 0 aliphatic carbocycles. The quantitative estimate of drug-likeness (QED) is 0.413. The second-order valence-corrected chi connectivity index (χ2v) is 7.85. The lowest BCUT2D eigenvalue weighted by molar-refractivity contribution is 0.321. The zero-order valence-electron chi connectivity index (χ0n) is 16.6. The van der Waals surface area contributed by atoms with Crippen LogP contribution in [0.15, 0.2) is 65.0 Å². The van der Waals surface area contributed by atoms with Gasteiger partial charge in [-0.15, -0.1) is 10.2 Å². The number of rotatable bonds is 6. The Labute approximate surface area is 176 Å². The van der Waals surface area contributed by atoms with Crippen LogP contribution < -0.4 is 4.74 Å². The first-order chi connectivity index (χ1) is 14.7. The van der Waals surface area contributed by atoms with Crippen molar-refractivity contribution in [2.45, 2.75) is 23.4 Å². The molecule has 0 aliphatic rings. The van der Waals surface area contributed by atoms with Crippen molar-refractivity contribution in [2.24, 2.45) is 7.05 Å². The number of hydrogen-bond acceptors (Lipinski definition) is 7. The normalized spacial score (nSPS) is 11.4. The first-order valence-electron chi connectivity index (χ1n) is 9.62. The van der Waals surface area contributed by atoms with Crippen molar-refractivity contribution < 1.29 is 4.74 Å². The molecule has 0 unspecified atom stereocenters. The Morgan fingerprint density at radius 2 is 2.03 bits per heavy atom. The third-order valence-electron chi connectivity index (χ3n) is 4.58. The van der Waals surface area contributed by atoms with Crippen LogP contribution >= 0.6 is 11.8 Å². The summed E-state index contributed by atoms with van der Waals surface area (Å²) in [6.45, 7) is 2.76. The van der Waals surface area contributed by atoms with Gasteiger partial charge in [0, 0.05) is 35.3 Å². The maximum absolute atomic E-state index is 5.89. The summed E-state index contributed by atoms with van der Waals surface area (Å²) in [4.78, 5) is 5.46. The molecule has 1 aromatic carbocycles. The highest BCUT2D eigenvalue weighted by Gasteiger charge is 2.12. The van der Waals surface area contributed by atoms with E-state index < -0.39 is 0 Å². The number of aryl methyl sites for hydroxylation is 1. The van der Waals surface area contributed by atoms with Gasteiger partial charge in [0.25, 0.3) is 0 Å². The highest BCUT2D eigenvalue weighted by Crippen LogP contribution is 2.32. The van der Waals surface area contributed by atoms with Gasteiger partial charge < -0.3 is 4.74 Å². The van der Waals surface area contributed by atoms with Gasteiger partial charge in [-0.25, -0.2) is 0 Å². The Balaban J connectivity index is 1.51. The molecule has 0 N–H and O–H groups in total. The summed E-state index contributed by atoms with van der Waals surface area (Å²) in [6, 6.07) is 11.8. The number of pyridine rings is 1. The fraction of sp³-hybridized carbons (Fsp3) is 0.190. The van der Waals surface area contributed by atoms with Gasteiger partial charge in [-0.1, -0.05) is 6.92 Å². The Bertz CT molecular complexity index is 1340. The van der Waals surface area contributed by atoms with Gasteiger partial charge in [0.1, 0.15) is 5.75 Å². The van der Waals surface area contributed by atoms with Crippen molar-refractivity contribution in [1.82, 2.24) is 34.6 Å². The van der Waals surface area contributed by atoms with E-state index >= 15 is 0 Å². The summed E-state index contributed by atoms with van der Waals surface area (Å²) in [5.41, 5.74) is 3.35. The van der Waals surface area contributed by atoms with E-state index in [9.17, 15) is 0 Å². The monoisotopic (exact) mass is 417 g/mol. The van der Waals surface area contributed by atoms with E-state index in [0.29, 0.717) is 17.4 Å². The first-order valence-corrected chi connectivity index (χ1v) is 10.4. The van der Waals surface area contributed by atoms with Crippen LogP contribution in [0.3, 0.4) is 0 Å². The topological polar surface area (TPSA) is 83.0 Å². The second-order valence-electron chi connectivity index (χ2n) is 6.81. The van der Waals surface area contributed by atoms with Gasteiger partial charge >= 0.3 is 0 Å². The van der Waals surface area contributed by atoms with Crippen molar-refractivity contribution in [3.05, 3.63) is 55.0 Å². The standard InChI is InChI=1S/C21H19N7OS/c1-3-10-29-19-8-9-22-18-5-4-15(11-16(18)19)30-21-25-24-20-7-6-17(26-28(20)21)14-12-23-27(2)13-14/h4-9,11-13H,3,10H2,1-2H3. The highest BCUT2D eigenvalue weighted by molar-refractivity contribution is 7.99. The minimum absolute atomic E-state index is 0.673. The number of ether oxygens (including phenoxy) is 1. The van der Waals surface area contributed by atoms with E-state index in [0.717, 1.165) is 39.2 Å². The Morgan fingerprint density at radius 3 is 2.87 bits per heavy atom. The van der Waals surface area contributed by atoms with Crippen LogP contribution in [0.25, 0.3) is 27.8 Å². The summed E-state index contributed by atoms with van der Waals surface area (Å²) in [6.07, 6.45) is 6.45. The molecule has 0 saturated heterocycles. The molecule has 5 aromatic rings. The minimum Gasteiger partial charge on any atom is -0.493 e. The van der Waals surface area contributed by atoms with Gasteiger partial charge in [-0.2, -0.15) is 14.7 Å². The largest absolute Gasteiger partial charge is 0.493 e. The third kappa shape index (κ3) is 3.48. The van der Waals surface area contributed by atoms with Crippen LogP contribution in [-0.4, -0.2) is 41.2 Å². The van der Waals surface area contributed by atoms with Gasteiger partial charge in [0.15, 0.2) is 5.65 Å². The second kappa shape index (κ2) is 7.75.